The molecule has 5 heteroatoms. The van der Waals surface area contributed by atoms with Gasteiger partial charge >= 0.3 is 0 Å². The van der Waals surface area contributed by atoms with Gasteiger partial charge in [0.25, 0.3) is 0 Å². The highest BCUT2D eigenvalue weighted by molar-refractivity contribution is 7.10. The van der Waals surface area contributed by atoms with E-state index >= 15 is 0 Å². The Labute approximate surface area is 128 Å². The predicted molar refractivity (Wildman–Crippen MR) is 87.8 cm³/mol. The van der Waals surface area contributed by atoms with Crippen LogP contribution in [0.1, 0.15) is 23.8 Å². The molecule has 112 valence electrons. The average molecular weight is 304 g/mol. The van der Waals surface area contributed by atoms with E-state index in [2.05, 4.69) is 22.8 Å². The van der Waals surface area contributed by atoms with E-state index in [1.165, 1.54) is 12.5 Å². The minimum atomic E-state index is -0.0550. The monoisotopic (exact) mass is 304 g/mol. The molecule has 1 aromatic carbocycles. The molecule has 0 spiro atoms. The van der Waals surface area contributed by atoms with Gasteiger partial charge in [0, 0.05) is 24.1 Å². The Balaban J connectivity index is 1.96. The largest absolute Gasteiger partial charge is 0.396 e. The van der Waals surface area contributed by atoms with Crippen molar-refractivity contribution in [2.75, 3.05) is 17.2 Å². The lowest BCUT2D eigenvalue weighted by Crippen LogP contribution is -2.08. The molecule has 4 nitrogen and oxygen atoms in total. The summed E-state index contributed by atoms with van der Waals surface area (Å²) in [5.74, 6) is -0.0550. The second-order valence-electron chi connectivity index (χ2n) is 4.82. The lowest BCUT2D eigenvalue weighted by Gasteiger charge is -2.09. The molecule has 1 amide bonds. The van der Waals surface area contributed by atoms with E-state index in [0.29, 0.717) is 6.54 Å². The van der Waals surface area contributed by atoms with Gasteiger partial charge in [0.1, 0.15) is 0 Å². The van der Waals surface area contributed by atoms with Crippen molar-refractivity contribution in [3.05, 3.63) is 46.2 Å². The summed E-state index contributed by atoms with van der Waals surface area (Å²) in [5.41, 5.74) is 3.13. The molecule has 0 aliphatic carbocycles. The van der Waals surface area contributed by atoms with Crippen LogP contribution in [0.4, 0.5) is 11.4 Å². The molecule has 1 heterocycles. The number of amides is 1. The Hall–Kier alpha value is -1.85. The van der Waals surface area contributed by atoms with Crippen molar-refractivity contribution in [3.63, 3.8) is 0 Å². The molecule has 21 heavy (non-hydrogen) atoms. The van der Waals surface area contributed by atoms with Crippen molar-refractivity contribution in [2.24, 2.45) is 0 Å². The second kappa shape index (κ2) is 7.81. The van der Waals surface area contributed by atoms with E-state index in [4.69, 9.17) is 5.11 Å². The number of nitrogens with one attached hydrogen (secondary N) is 2. The number of hydrogen-bond donors (Lipinski definition) is 3. The number of aryl methyl sites for hydroxylation is 1. The highest BCUT2D eigenvalue weighted by Crippen LogP contribution is 2.23. The van der Waals surface area contributed by atoms with Crippen LogP contribution in [0.2, 0.25) is 0 Å². The van der Waals surface area contributed by atoms with Gasteiger partial charge in [-0.2, -0.15) is 0 Å². The Morgan fingerprint density at radius 2 is 2.19 bits per heavy atom. The van der Waals surface area contributed by atoms with Crippen molar-refractivity contribution in [2.45, 2.75) is 26.3 Å². The minimum absolute atomic E-state index is 0.0550. The van der Waals surface area contributed by atoms with Crippen molar-refractivity contribution < 1.29 is 9.90 Å². The summed E-state index contributed by atoms with van der Waals surface area (Å²) in [6.07, 6.45) is 1.66. The fourth-order valence-corrected chi connectivity index (χ4v) is 2.85. The molecule has 0 atom stereocenters. The van der Waals surface area contributed by atoms with Crippen molar-refractivity contribution in [1.82, 2.24) is 0 Å². The van der Waals surface area contributed by atoms with Crippen LogP contribution < -0.4 is 10.6 Å². The Morgan fingerprint density at radius 1 is 1.33 bits per heavy atom. The summed E-state index contributed by atoms with van der Waals surface area (Å²) in [4.78, 5) is 12.2. The van der Waals surface area contributed by atoms with E-state index in [9.17, 15) is 4.79 Å². The third-order valence-electron chi connectivity index (χ3n) is 3.06. The summed E-state index contributed by atoms with van der Waals surface area (Å²) in [6, 6.07) is 10.1. The van der Waals surface area contributed by atoms with E-state index < -0.39 is 0 Å². The lowest BCUT2D eigenvalue weighted by molar-refractivity contribution is -0.114. The zero-order valence-electron chi connectivity index (χ0n) is 12.1. The summed E-state index contributed by atoms with van der Waals surface area (Å²) < 4.78 is 0. The number of carbonyl (C=O) groups is 1. The summed E-state index contributed by atoms with van der Waals surface area (Å²) in [6.45, 7) is 2.41. The number of anilines is 2. The number of thiophene rings is 1. The first-order valence-electron chi connectivity index (χ1n) is 6.96. The molecule has 0 radical (unpaired) electrons. The summed E-state index contributed by atoms with van der Waals surface area (Å²) in [5, 5.41) is 17.1. The van der Waals surface area contributed by atoms with E-state index in [1.807, 2.05) is 23.6 Å². The Bertz CT molecular complexity index is 595. The first kappa shape index (κ1) is 15.5. The number of carbonyl (C=O) groups excluding carboxylic acids is 1. The first-order chi connectivity index (χ1) is 10.2. The van der Waals surface area contributed by atoms with Gasteiger partial charge in [-0.25, -0.2) is 0 Å². The zero-order chi connectivity index (χ0) is 15.1. The van der Waals surface area contributed by atoms with Gasteiger partial charge in [0.15, 0.2) is 0 Å². The van der Waals surface area contributed by atoms with E-state index in [-0.39, 0.29) is 12.5 Å². The van der Waals surface area contributed by atoms with E-state index in [1.54, 1.807) is 11.3 Å². The maximum Gasteiger partial charge on any atom is 0.221 e. The predicted octanol–water partition coefficient (Wildman–Crippen LogP) is 3.24. The van der Waals surface area contributed by atoms with Crippen molar-refractivity contribution in [3.8, 4) is 0 Å². The molecule has 0 saturated heterocycles. The highest BCUT2D eigenvalue weighted by atomic mass is 32.1. The number of rotatable bonds is 7. The molecule has 1 aromatic heterocycles. The normalized spacial score (nSPS) is 10.4. The number of hydrogen-bond acceptors (Lipinski definition) is 4. The molecule has 0 bridgehead atoms. The van der Waals surface area contributed by atoms with Gasteiger partial charge in [0.2, 0.25) is 5.91 Å². The molecule has 2 aromatic rings. The van der Waals surface area contributed by atoms with Crippen LogP contribution in [-0.4, -0.2) is 17.6 Å². The second-order valence-corrected chi connectivity index (χ2v) is 5.82. The SMILES string of the molecule is CC(=O)Nc1ccsc1CNc1cccc(CCCO)c1. The van der Waals surface area contributed by atoms with Gasteiger partial charge in [-0.3, -0.25) is 4.79 Å². The summed E-state index contributed by atoms with van der Waals surface area (Å²) in [7, 11) is 0. The Morgan fingerprint density at radius 3 is 2.95 bits per heavy atom. The van der Waals surface area contributed by atoms with Gasteiger partial charge in [-0.1, -0.05) is 12.1 Å². The van der Waals surface area contributed by atoms with Gasteiger partial charge < -0.3 is 15.7 Å². The van der Waals surface area contributed by atoms with Crippen LogP contribution in [0.5, 0.6) is 0 Å². The molecule has 0 aliphatic heterocycles. The lowest BCUT2D eigenvalue weighted by atomic mass is 10.1. The molecule has 0 aliphatic rings. The first-order valence-corrected chi connectivity index (χ1v) is 7.84. The van der Waals surface area contributed by atoms with Crippen molar-refractivity contribution in [1.29, 1.82) is 0 Å². The zero-order valence-corrected chi connectivity index (χ0v) is 12.9. The maximum atomic E-state index is 11.1. The number of benzene rings is 1. The van der Waals surface area contributed by atoms with Crippen LogP contribution >= 0.6 is 11.3 Å². The third-order valence-corrected chi connectivity index (χ3v) is 3.98. The number of aliphatic hydroxyl groups is 1. The van der Waals surface area contributed by atoms with Crippen LogP contribution in [0.15, 0.2) is 35.7 Å². The smallest absolute Gasteiger partial charge is 0.221 e. The van der Waals surface area contributed by atoms with Crippen LogP contribution in [0.25, 0.3) is 0 Å². The van der Waals surface area contributed by atoms with Crippen LogP contribution in [-0.2, 0) is 17.8 Å². The van der Waals surface area contributed by atoms with Crippen LogP contribution in [0.3, 0.4) is 0 Å². The molecular formula is C16H20N2O2S. The molecular weight excluding hydrogens is 284 g/mol. The van der Waals surface area contributed by atoms with Gasteiger partial charge in [-0.15, -0.1) is 11.3 Å². The Kier molecular flexibility index (Phi) is 5.78. The van der Waals surface area contributed by atoms with Crippen molar-refractivity contribution >= 4 is 28.6 Å². The van der Waals surface area contributed by atoms with Gasteiger partial charge in [-0.05, 0) is 42.0 Å². The molecule has 3 N–H and O–H groups in total. The quantitative estimate of drug-likeness (QED) is 0.736. The topological polar surface area (TPSA) is 61.4 Å². The minimum Gasteiger partial charge on any atom is -0.396 e. The summed E-state index contributed by atoms with van der Waals surface area (Å²) >= 11 is 1.62. The highest BCUT2D eigenvalue weighted by Gasteiger charge is 2.05. The molecule has 2 rings (SSSR count). The van der Waals surface area contributed by atoms with Crippen LogP contribution in [0, 0.1) is 0 Å². The maximum absolute atomic E-state index is 11.1. The molecule has 0 fully saturated rings. The third kappa shape index (κ3) is 4.88. The number of aliphatic hydroxyl groups excluding tert-OH is 1. The fourth-order valence-electron chi connectivity index (χ4n) is 2.08. The van der Waals surface area contributed by atoms with E-state index in [0.717, 1.165) is 29.1 Å². The standard InChI is InChI=1S/C16H20N2O2S/c1-12(20)18-15-7-9-21-16(15)11-17-14-6-2-4-13(10-14)5-3-8-19/h2,4,6-7,9-10,17,19H,3,5,8,11H2,1H3,(H,18,20). The fraction of sp³-hybridized carbons (Fsp3) is 0.312. The molecule has 0 saturated carbocycles. The van der Waals surface area contributed by atoms with Gasteiger partial charge in [0.05, 0.1) is 12.2 Å². The average Bonchev–Trinajstić information content (AvgIpc) is 2.90. The molecule has 0 unspecified atom stereocenters.